The maximum atomic E-state index is 13.6. The predicted octanol–water partition coefficient (Wildman–Crippen LogP) is 4.49. The number of nitrogen functional groups attached to an aromatic ring is 1. The summed E-state index contributed by atoms with van der Waals surface area (Å²) in [6, 6.07) is 2.80. The largest absolute Gasteiger partial charge is 0.433 e. The number of rotatable bonds is 2. The van der Waals surface area contributed by atoms with Gasteiger partial charge in [-0.15, -0.1) is 0 Å². The molecule has 0 amide bonds. The summed E-state index contributed by atoms with van der Waals surface area (Å²) < 4.78 is 91.0. The highest BCUT2D eigenvalue weighted by Gasteiger charge is 2.37. The zero-order chi connectivity index (χ0) is 24.7. The maximum absolute atomic E-state index is 13.6. The van der Waals surface area contributed by atoms with Gasteiger partial charge in [0.05, 0.1) is 23.0 Å². The second-order valence-electron chi connectivity index (χ2n) is 6.12. The van der Waals surface area contributed by atoms with Crippen LogP contribution in [0.5, 0.6) is 0 Å². The smallest absolute Gasteiger partial charge is 0.398 e. The molecule has 4 rings (SSSR count). The summed E-state index contributed by atoms with van der Waals surface area (Å²) in [7, 11) is 0. The number of hydrogen-bond acceptors (Lipinski definition) is 4. The van der Waals surface area contributed by atoms with E-state index in [1.807, 2.05) is 5.10 Å². The van der Waals surface area contributed by atoms with Gasteiger partial charge in [0.25, 0.3) is 0 Å². The van der Waals surface area contributed by atoms with Gasteiger partial charge in [-0.3, -0.25) is 5.10 Å². The van der Waals surface area contributed by atoms with Gasteiger partial charge in [0.2, 0.25) is 0 Å². The Kier molecular flexibility index (Phi) is 2.64. The first-order valence-electron chi connectivity index (χ1n) is 10.9. The van der Waals surface area contributed by atoms with Gasteiger partial charge in [0.15, 0.2) is 0 Å². The van der Waals surface area contributed by atoms with E-state index in [1.165, 1.54) is 19.1 Å². The van der Waals surface area contributed by atoms with Gasteiger partial charge in [-0.05, 0) is 55.7 Å². The minimum atomic E-state index is -4.89. The van der Waals surface area contributed by atoms with Crippen molar-refractivity contribution in [2.75, 3.05) is 5.73 Å². The topological polar surface area (TPSA) is 91.4 Å². The highest BCUT2D eigenvalue weighted by atomic mass is 19.4. The van der Waals surface area contributed by atoms with Crippen LogP contribution in [0, 0.1) is 5.41 Å². The van der Waals surface area contributed by atoms with Crippen LogP contribution in [0.25, 0.3) is 22.2 Å². The van der Waals surface area contributed by atoms with E-state index in [-0.39, 0.29) is 33.4 Å². The second-order valence-corrected chi connectivity index (χ2v) is 6.12. The number of hydrogen-bond donors (Lipinski definition) is 3. The summed E-state index contributed by atoms with van der Waals surface area (Å²) in [5.41, 5.74) is 3.35. The Morgan fingerprint density at radius 2 is 2.07 bits per heavy atom. The maximum Gasteiger partial charge on any atom is 0.433 e. The van der Waals surface area contributed by atoms with Crippen LogP contribution in [0.2, 0.25) is 0 Å². The van der Waals surface area contributed by atoms with Gasteiger partial charge in [0.1, 0.15) is 5.69 Å². The van der Waals surface area contributed by atoms with Gasteiger partial charge in [-0.25, -0.2) is 4.98 Å². The molecule has 2 heterocycles. The highest BCUT2D eigenvalue weighted by molar-refractivity contribution is 6.13. The number of benzene rings is 1. The molecule has 0 atom stereocenters. The zero-order valence-electron chi connectivity index (χ0n) is 20.0. The van der Waals surface area contributed by atoms with E-state index in [9.17, 15) is 13.2 Å². The molecule has 3 aromatic rings. The third kappa shape index (κ3) is 2.75. The predicted molar refractivity (Wildman–Crippen MR) is 97.9 cm³/mol. The van der Waals surface area contributed by atoms with E-state index in [0.29, 0.717) is 0 Å². The van der Waals surface area contributed by atoms with Crippen molar-refractivity contribution in [1.29, 1.82) is 5.41 Å². The quantitative estimate of drug-likeness (QED) is 0.452. The van der Waals surface area contributed by atoms with Crippen LogP contribution in [0.1, 0.15) is 50.3 Å². The number of aryl methyl sites for hydroxylation is 1. The van der Waals surface area contributed by atoms with Crippen LogP contribution >= 0.6 is 0 Å². The van der Waals surface area contributed by atoms with Crippen molar-refractivity contribution in [2.24, 2.45) is 0 Å². The Bertz CT molecular complexity index is 1320. The molecule has 4 N–H and O–H groups in total. The molecule has 27 heavy (non-hydrogen) atoms. The summed E-state index contributed by atoms with van der Waals surface area (Å²) in [6.45, 7) is 1.41. The van der Waals surface area contributed by atoms with E-state index >= 15 is 0 Å². The lowest BCUT2D eigenvalue weighted by atomic mass is 9.84. The summed E-state index contributed by atoms with van der Waals surface area (Å²) in [4.78, 5) is 4.26. The molecule has 0 saturated carbocycles. The molecule has 1 aliphatic rings. The van der Waals surface area contributed by atoms with E-state index in [4.69, 9.17) is 19.4 Å². The van der Waals surface area contributed by atoms with Crippen molar-refractivity contribution < 1.29 is 21.4 Å². The number of H-pyrrole nitrogens is 1. The Labute approximate surface area is 161 Å². The lowest BCUT2D eigenvalue weighted by molar-refractivity contribution is -0.140. The van der Waals surface area contributed by atoms with Crippen molar-refractivity contribution >= 4 is 22.3 Å². The Morgan fingerprint density at radius 1 is 1.30 bits per heavy atom. The SMILES string of the molecule is [2H]C1([2H])Cc2c(c(-c3cn[nH]c3C(F)(F)F)nc3ccc(N)c(C(C)=N)c23)C([2H])([2H])C1([2H])[2H]. The standard InChI is InChI=1S/C19H18F3N5/c1-9(23)15-13(24)6-7-14-16(15)10-4-2-3-5-11(10)17(26-14)12-8-25-27-18(12)19(20,21)22/h6-8,23H,2-5,24H2,1H3,(H,25,27)/i2D2,3D2,5D2. The van der Waals surface area contributed by atoms with Crippen molar-refractivity contribution in [3.8, 4) is 11.3 Å². The molecule has 0 radical (unpaired) electrons. The van der Waals surface area contributed by atoms with Crippen LogP contribution in [0.3, 0.4) is 0 Å². The molecule has 8 heteroatoms. The van der Waals surface area contributed by atoms with Crippen LogP contribution in [0.15, 0.2) is 18.3 Å². The molecule has 2 aromatic heterocycles. The number of pyridine rings is 1. The second kappa shape index (κ2) is 6.07. The fourth-order valence-corrected chi connectivity index (χ4v) is 3.28. The van der Waals surface area contributed by atoms with E-state index in [1.54, 1.807) is 0 Å². The number of aromatic nitrogens is 3. The lowest BCUT2D eigenvalue weighted by Crippen LogP contribution is -2.13. The molecule has 0 fully saturated rings. The van der Waals surface area contributed by atoms with E-state index in [0.717, 1.165) is 6.20 Å². The molecular weight excluding hydrogens is 355 g/mol. The van der Waals surface area contributed by atoms with Crippen LogP contribution < -0.4 is 5.73 Å². The van der Waals surface area contributed by atoms with Gasteiger partial charge >= 0.3 is 6.18 Å². The molecule has 0 aliphatic heterocycles. The highest BCUT2D eigenvalue weighted by Crippen LogP contribution is 2.41. The average Bonchev–Trinajstić information content (AvgIpc) is 3.16. The summed E-state index contributed by atoms with van der Waals surface area (Å²) >= 11 is 0. The van der Waals surface area contributed by atoms with E-state index < -0.39 is 54.2 Å². The summed E-state index contributed by atoms with van der Waals surface area (Å²) in [6.07, 6.45) is -13.6. The molecule has 1 aromatic carbocycles. The molecule has 0 saturated heterocycles. The first-order valence-corrected chi connectivity index (χ1v) is 7.94. The number of anilines is 1. The van der Waals surface area contributed by atoms with Gasteiger partial charge < -0.3 is 11.1 Å². The molecule has 0 unspecified atom stereocenters. The fraction of sp³-hybridized carbons (Fsp3) is 0.316. The average molecular weight is 379 g/mol. The summed E-state index contributed by atoms with van der Waals surface area (Å²) in [5.74, 6) is 0. The third-order valence-corrected chi connectivity index (χ3v) is 4.38. The molecule has 1 aliphatic carbocycles. The van der Waals surface area contributed by atoms with Gasteiger partial charge in [0, 0.05) is 30.6 Å². The first-order chi connectivity index (χ1) is 15.0. The number of nitrogens with zero attached hydrogens (tertiary/aromatic N) is 2. The Morgan fingerprint density at radius 3 is 2.78 bits per heavy atom. The molecule has 140 valence electrons. The van der Waals surface area contributed by atoms with Crippen LogP contribution in [0.4, 0.5) is 18.9 Å². The van der Waals surface area contributed by atoms with Crippen molar-refractivity contribution in [3.05, 3.63) is 40.7 Å². The normalized spacial score (nSPS) is 23.3. The molecule has 0 bridgehead atoms. The lowest BCUT2D eigenvalue weighted by Gasteiger charge is -2.23. The Balaban J connectivity index is 2.26. The number of fused-ring (bicyclic) bond motifs is 3. The van der Waals surface area contributed by atoms with Gasteiger partial charge in [-0.1, -0.05) is 0 Å². The number of nitrogens with two attached hydrogens (primary N) is 1. The van der Waals surface area contributed by atoms with Crippen molar-refractivity contribution in [2.45, 2.75) is 38.6 Å². The number of aromatic amines is 1. The minimum Gasteiger partial charge on any atom is -0.398 e. The van der Waals surface area contributed by atoms with Gasteiger partial charge in [-0.2, -0.15) is 18.3 Å². The number of halogens is 3. The van der Waals surface area contributed by atoms with Crippen LogP contribution in [-0.2, 0) is 19.0 Å². The number of nitrogens with one attached hydrogen (secondary N) is 2. The van der Waals surface area contributed by atoms with Crippen molar-refractivity contribution in [1.82, 2.24) is 15.2 Å². The van der Waals surface area contributed by atoms with Crippen molar-refractivity contribution in [3.63, 3.8) is 0 Å². The van der Waals surface area contributed by atoms with Crippen LogP contribution in [-0.4, -0.2) is 20.9 Å². The fourth-order valence-electron chi connectivity index (χ4n) is 3.28. The third-order valence-electron chi connectivity index (χ3n) is 4.38. The Hall–Kier alpha value is -2.90. The molecular formula is C19H18F3N5. The number of alkyl halides is 3. The first kappa shape index (κ1) is 11.7. The van der Waals surface area contributed by atoms with E-state index in [2.05, 4.69) is 10.1 Å². The molecule has 0 spiro atoms. The monoisotopic (exact) mass is 379 g/mol. The summed E-state index contributed by atoms with van der Waals surface area (Å²) in [5, 5.41) is 13.5. The molecule has 5 nitrogen and oxygen atoms in total. The minimum absolute atomic E-state index is 0.0381. The zero-order valence-corrected chi connectivity index (χ0v) is 14.0.